The molecule has 1 fully saturated rings. The van der Waals surface area contributed by atoms with Crippen LogP contribution in [0.2, 0.25) is 0 Å². The van der Waals surface area contributed by atoms with E-state index in [9.17, 15) is 13.2 Å². The van der Waals surface area contributed by atoms with Gasteiger partial charge in [0.25, 0.3) is 0 Å². The maximum atomic E-state index is 12.3. The maximum Gasteiger partial charge on any atom is 0.223 e. The third kappa shape index (κ3) is 5.30. The van der Waals surface area contributed by atoms with Crippen LogP contribution in [-0.4, -0.2) is 70.6 Å². The van der Waals surface area contributed by atoms with E-state index >= 15 is 0 Å². The van der Waals surface area contributed by atoms with Gasteiger partial charge in [0.1, 0.15) is 24.3 Å². The molecule has 0 spiro atoms. The zero-order valence-corrected chi connectivity index (χ0v) is 17.7. The Morgan fingerprint density at radius 3 is 2.52 bits per heavy atom. The lowest BCUT2D eigenvalue weighted by atomic mass is 9.97. The van der Waals surface area contributed by atoms with Crippen molar-refractivity contribution in [3.05, 3.63) is 30.1 Å². The van der Waals surface area contributed by atoms with Gasteiger partial charge in [0.2, 0.25) is 15.9 Å². The zero-order chi connectivity index (χ0) is 21.0. The number of piperidine rings is 1. The summed E-state index contributed by atoms with van der Waals surface area (Å²) in [5.74, 6) is 1.21. The van der Waals surface area contributed by atoms with Gasteiger partial charge in [-0.05, 0) is 26.7 Å². The molecule has 1 amide bonds. The number of nitrogens with one attached hydrogen (secondary N) is 2. The summed E-state index contributed by atoms with van der Waals surface area (Å²) >= 11 is 0. The third-order valence-corrected chi connectivity index (χ3v) is 6.48. The molecule has 10 nitrogen and oxygen atoms in total. The van der Waals surface area contributed by atoms with E-state index in [1.807, 2.05) is 24.5 Å². The summed E-state index contributed by atoms with van der Waals surface area (Å²) in [6.45, 7) is 5.69. The smallest absolute Gasteiger partial charge is 0.223 e. The number of anilines is 1. The molecule has 1 saturated heterocycles. The van der Waals surface area contributed by atoms with E-state index in [1.165, 1.54) is 16.9 Å². The van der Waals surface area contributed by atoms with Crippen LogP contribution in [0.1, 0.15) is 24.2 Å². The van der Waals surface area contributed by atoms with Crippen molar-refractivity contribution in [1.82, 2.24) is 29.1 Å². The van der Waals surface area contributed by atoms with E-state index in [0.29, 0.717) is 44.8 Å². The van der Waals surface area contributed by atoms with Crippen molar-refractivity contribution in [2.75, 3.05) is 37.8 Å². The average Bonchev–Trinajstić information content (AvgIpc) is 3.03. The molecular formula is C18H27N7O3S. The predicted octanol–water partition coefficient (Wildman–Crippen LogP) is 0.479. The first kappa shape index (κ1) is 21.2. The van der Waals surface area contributed by atoms with E-state index in [1.54, 1.807) is 6.33 Å². The first-order valence-corrected chi connectivity index (χ1v) is 11.4. The van der Waals surface area contributed by atoms with Crippen molar-refractivity contribution in [1.29, 1.82) is 0 Å². The van der Waals surface area contributed by atoms with Gasteiger partial charge in [0.05, 0.1) is 11.9 Å². The second-order valence-electron chi connectivity index (χ2n) is 7.20. The van der Waals surface area contributed by atoms with Crippen molar-refractivity contribution in [3.63, 3.8) is 0 Å². The topological polar surface area (TPSA) is 122 Å². The van der Waals surface area contributed by atoms with Crippen LogP contribution >= 0.6 is 0 Å². The number of carbonyl (C=O) groups excluding carboxylic acids is 1. The van der Waals surface area contributed by atoms with E-state index < -0.39 is 10.0 Å². The molecule has 0 aromatic carbocycles. The fourth-order valence-corrected chi connectivity index (χ4v) is 4.15. The van der Waals surface area contributed by atoms with Crippen molar-refractivity contribution in [2.24, 2.45) is 5.92 Å². The molecule has 3 rings (SSSR count). The number of aryl methyl sites for hydroxylation is 1. The highest BCUT2D eigenvalue weighted by molar-refractivity contribution is 7.88. The van der Waals surface area contributed by atoms with Gasteiger partial charge >= 0.3 is 0 Å². The lowest BCUT2D eigenvalue weighted by molar-refractivity contribution is -0.126. The second kappa shape index (κ2) is 8.87. The second-order valence-corrected chi connectivity index (χ2v) is 9.18. The summed E-state index contributed by atoms with van der Waals surface area (Å²) in [6, 6.07) is 1.83. The molecule has 0 saturated carbocycles. The molecule has 0 atom stereocenters. The average molecular weight is 422 g/mol. The minimum absolute atomic E-state index is 0.0344. The van der Waals surface area contributed by atoms with Crippen molar-refractivity contribution in [2.45, 2.75) is 26.7 Å². The monoisotopic (exact) mass is 421 g/mol. The number of hydrogen-bond donors (Lipinski definition) is 2. The van der Waals surface area contributed by atoms with Crippen molar-refractivity contribution >= 4 is 21.7 Å². The van der Waals surface area contributed by atoms with Crippen LogP contribution < -0.4 is 10.6 Å². The predicted molar refractivity (Wildman–Crippen MR) is 109 cm³/mol. The van der Waals surface area contributed by atoms with E-state index in [0.717, 1.165) is 17.2 Å². The third-order valence-electron chi connectivity index (χ3n) is 5.18. The Bertz CT molecular complexity index is 966. The summed E-state index contributed by atoms with van der Waals surface area (Å²) in [5.41, 5.74) is 1.96. The number of rotatable bonds is 7. The number of imidazole rings is 1. The number of carbonyl (C=O) groups is 1. The Kier molecular flexibility index (Phi) is 6.48. The van der Waals surface area contributed by atoms with E-state index in [-0.39, 0.29) is 11.8 Å². The van der Waals surface area contributed by atoms with E-state index in [2.05, 4.69) is 25.6 Å². The first-order chi connectivity index (χ1) is 13.8. The molecule has 2 aromatic heterocycles. The molecule has 2 N–H and O–H groups in total. The lowest BCUT2D eigenvalue weighted by Gasteiger charge is -2.29. The Labute approximate surface area is 170 Å². The molecule has 1 aliphatic rings. The fourth-order valence-electron chi connectivity index (χ4n) is 3.28. The number of nitrogens with zero attached hydrogens (tertiary/aromatic N) is 5. The van der Waals surface area contributed by atoms with Crippen molar-refractivity contribution in [3.8, 4) is 5.82 Å². The normalized spacial score (nSPS) is 16.0. The van der Waals surface area contributed by atoms with Gasteiger partial charge in [-0.15, -0.1) is 0 Å². The molecule has 1 aliphatic heterocycles. The molecule has 0 radical (unpaired) electrons. The molecular weight excluding hydrogens is 394 g/mol. The molecule has 0 unspecified atom stereocenters. The largest absolute Gasteiger partial charge is 0.368 e. The highest BCUT2D eigenvalue weighted by Gasteiger charge is 2.28. The summed E-state index contributed by atoms with van der Waals surface area (Å²) in [6.07, 6.45) is 5.51. The van der Waals surface area contributed by atoms with Gasteiger partial charge in [-0.1, -0.05) is 0 Å². The van der Waals surface area contributed by atoms with Gasteiger partial charge in [-0.2, -0.15) is 0 Å². The Hall–Kier alpha value is -2.53. The molecule has 0 aliphatic carbocycles. The van der Waals surface area contributed by atoms with Crippen LogP contribution in [0.5, 0.6) is 0 Å². The van der Waals surface area contributed by atoms with Crippen LogP contribution in [0.25, 0.3) is 5.82 Å². The number of sulfonamides is 1. The van der Waals surface area contributed by atoms with Gasteiger partial charge in [0.15, 0.2) is 0 Å². The van der Waals surface area contributed by atoms with Crippen LogP contribution in [0.4, 0.5) is 5.82 Å². The van der Waals surface area contributed by atoms with Gasteiger partial charge < -0.3 is 10.6 Å². The number of hydrogen-bond acceptors (Lipinski definition) is 7. The molecule has 2 aromatic rings. The van der Waals surface area contributed by atoms with Gasteiger partial charge in [-0.25, -0.2) is 27.7 Å². The summed E-state index contributed by atoms with van der Waals surface area (Å²) in [4.78, 5) is 25.1. The highest BCUT2D eigenvalue weighted by Crippen LogP contribution is 2.19. The Balaban J connectivity index is 1.45. The molecule has 158 valence electrons. The molecule has 29 heavy (non-hydrogen) atoms. The maximum absolute atomic E-state index is 12.3. The van der Waals surface area contributed by atoms with Crippen LogP contribution in [-0.2, 0) is 14.8 Å². The quantitative estimate of drug-likeness (QED) is 0.624. The lowest BCUT2D eigenvalue weighted by Crippen LogP contribution is -2.43. The van der Waals surface area contributed by atoms with Gasteiger partial charge in [-0.3, -0.25) is 9.36 Å². The summed E-state index contributed by atoms with van der Waals surface area (Å²) in [7, 11) is -3.18. The Morgan fingerprint density at radius 1 is 1.17 bits per heavy atom. The summed E-state index contributed by atoms with van der Waals surface area (Å²) in [5, 5.41) is 6.09. The molecule has 0 bridgehead atoms. The number of amides is 1. The minimum Gasteiger partial charge on any atom is -0.368 e. The molecule has 11 heteroatoms. The van der Waals surface area contributed by atoms with Gasteiger partial charge in [0, 0.05) is 43.9 Å². The molecule has 3 heterocycles. The van der Waals surface area contributed by atoms with E-state index in [4.69, 9.17) is 0 Å². The standard InChI is InChI=1S/C18H27N7O3S/c1-13-14(2)25(12-23-13)17-10-16(21-11-22-17)19-6-7-20-18(26)15-4-8-24(9-5-15)29(3,27)28/h10-12,15H,4-9H2,1-3H3,(H,20,26)(H,19,21,22). The van der Waals surface area contributed by atoms with Crippen LogP contribution in [0.15, 0.2) is 18.7 Å². The van der Waals surface area contributed by atoms with Crippen LogP contribution in [0, 0.1) is 19.8 Å². The van der Waals surface area contributed by atoms with Crippen LogP contribution in [0.3, 0.4) is 0 Å². The SMILES string of the molecule is Cc1ncn(-c2cc(NCCNC(=O)C3CCN(S(C)(=O)=O)CC3)ncn2)c1C. The Morgan fingerprint density at radius 2 is 1.90 bits per heavy atom. The minimum atomic E-state index is -3.18. The first-order valence-electron chi connectivity index (χ1n) is 9.55. The zero-order valence-electron chi connectivity index (χ0n) is 16.9. The summed E-state index contributed by atoms with van der Waals surface area (Å²) < 4.78 is 26.4. The highest BCUT2D eigenvalue weighted by atomic mass is 32.2. The fraction of sp³-hybridized carbons (Fsp3) is 0.556. The van der Waals surface area contributed by atoms with Crippen molar-refractivity contribution < 1.29 is 13.2 Å². The number of aromatic nitrogens is 4.